The van der Waals surface area contributed by atoms with E-state index < -0.39 is 30.8 Å². The van der Waals surface area contributed by atoms with Gasteiger partial charge in [-0.1, -0.05) is 18.1 Å². The number of aryl methyl sites for hydroxylation is 1. The number of imidazole rings is 1. The standard InChI is InChI=1S/C18H19F3N6O3/c1-2-11-16(27-30-26-11)17(29)23-9-14-24-12-4-3-10(7-13(12)25-14)8-22-15(28)5-6-18(19,20)21/h3-4,7H,2,5-6,8-9H2,1H3,(H,22,28)(H,23,29)(H,24,25). The van der Waals surface area contributed by atoms with E-state index in [2.05, 4.69) is 35.5 Å². The van der Waals surface area contributed by atoms with Gasteiger partial charge < -0.3 is 15.6 Å². The van der Waals surface area contributed by atoms with Crippen LogP contribution in [0.3, 0.4) is 0 Å². The number of rotatable bonds is 8. The van der Waals surface area contributed by atoms with Gasteiger partial charge in [-0.3, -0.25) is 9.59 Å². The zero-order chi connectivity index (χ0) is 21.7. The summed E-state index contributed by atoms with van der Waals surface area (Å²) in [7, 11) is 0. The molecule has 9 nitrogen and oxygen atoms in total. The number of aromatic nitrogens is 4. The van der Waals surface area contributed by atoms with Crippen LogP contribution in [-0.4, -0.2) is 38.3 Å². The number of halogens is 3. The van der Waals surface area contributed by atoms with Gasteiger partial charge in [0.1, 0.15) is 11.5 Å². The Labute approximate surface area is 168 Å². The van der Waals surface area contributed by atoms with E-state index >= 15 is 0 Å². The van der Waals surface area contributed by atoms with E-state index in [1.165, 1.54) is 0 Å². The van der Waals surface area contributed by atoms with Crippen molar-refractivity contribution >= 4 is 22.8 Å². The zero-order valence-corrected chi connectivity index (χ0v) is 16.0. The summed E-state index contributed by atoms with van der Waals surface area (Å²) >= 11 is 0. The minimum absolute atomic E-state index is 0.0939. The molecule has 2 amide bonds. The van der Waals surface area contributed by atoms with Crippen LogP contribution in [0.1, 0.15) is 47.3 Å². The van der Waals surface area contributed by atoms with Crippen molar-refractivity contribution in [2.45, 2.75) is 45.5 Å². The number of fused-ring (bicyclic) bond motifs is 1. The van der Waals surface area contributed by atoms with E-state index in [0.717, 1.165) is 0 Å². The van der Waals surface area contributed by atoms with Crippen molar-refractivity contribution in [1.29, 1.82) is 0 Å². The van der Waals surface area contributed by atoms with E-state index in [0.29, 0.717) is 34.5 Å². The fraction of sp³-hybridized carbons (Fsp3) is 0.389. The number of hydrogen-bond donors (Lipinski definition) is 3. The Hall–Kier alpha value is -3.44. The van der Waals surface area contributed by atoms with E-state index in [-0.39, 0.29) is 18.8 Å². The molecule has 0 saturated carbocycles. The molecule has 0 atom stereocenters. The van der Waals surface area contributed by atoms with Crippen LogP contribution in [0.5, 0.6) is 0 Å². The van der Waals surface area contributed by atoms with Crippen LogP contribution in [-0.2, 0) is 24.3 Å². The Balaban J connectivity index is 1.56. The van der Waals surface area contributed by atoms with Gasteiger partial charge >= 0.3 is 6.18 Å². The third-order valence-electron chi connectivity index (χ3n) is 4.24. The lowest BCUT2D eigenvalue weighted by Gasteiger charge is -2.07. The van der Waals surface area contributed by atoms with Crippen molar-refractivity contribution < 1.29 is 27.4 Å². The molecular formula is C18H19F3N6O3. The Bertz CT molecular complexity index is 1040. The van der Waals surface area contributed by atoms with Crippen LogP contribution >= 0.6 is 0 Å². The van der Waals surface area contributed by atoms with Crippen LogP contribution < -0.4 is 10.6 Å². The van der Waals surface area contributed by atoms with Gasteiger partial charge in [-0.05, 0) is 29.3 Å². The van der Waals surface area contributed by atoms with Crippen molar-refractivity contribution in [3.8, 4) is 0 Å². The van der Waals surface area contributed by atoms with E-state index in [1.807, 2.05) is 6.92 Å². The first-order valence-corrected chi connectivity index (χ1v) is 9.15. The molecule has 30 heavy (non-hydrogen) atoms. The fourth-order valence-corrected chi connectivity index (χ4v) is 2.71. The maximum Gasteiger partial charge on any atom is 0.389 e. The third kappa shape index (κ3) is 5.55. The van der Waals surface area contributed by atoms with Gasteiger partial charge in [0, 0.05) is 13.0 Å². The highest BCUT2D eigenvalue weighted by Gasteiger charge is 2.27. The Kier molecular flexibility index (Phi) is 6.33. The van der Waals surface area contributed by atoms with E-state index in [4.69, 9.17) is 0 Å². The second-order valence-corrected chi connectivity index (χ2v) is 6.52. The number of nitrogens with zero attached hydrogens (tertiary/aromatic N) is 3. The molecule has 0 aliphatic heterocycles. The summed E-state index contributed by atoms with van der Waals surface area (Å²) < 4.78 is 41.0. The van der Waals surface area contributed by atoms with E-state index in [9.17, 15) is 22.8 Å². The number of nitrogens with one attached hydrogen (secondary N) is 3. The molecule has 0 unspecified atom stereocenters. The number of H-pyrrole nitrogens is 1. The lowest BCUT2D eigenvalue weighted by atomic mass is 10.2. The third-order valence-corrected chi connectivity index (χ3v) is 4.24. The highest BCUT2D eigenvalue weighted by Crippen LogP contribution is 2.21. The van der Waals surface area contributed by atoms with Crippen molar-refractivity contribution in [3.05, 3.63) is 41.0 Å². The first-order chi connectivity index (χ1) is 14.2. The summed E-state index contributed by atoms with van der Waals surface area (Å²) in [4.78, 5) is 31.1. The molecule has 2 aromatic heterocycles. The average molecular weight is 424 g/mol. The van der Waals surface area contributed by atoms with Crippen molar-refractivity contribution in [2.24, 2.45) is 0 Å². The number of amides is 2. The van der Waals surface area contributed by atoms with Crippen LogP contribution in [0.25, 0.3) is 11.0 Å². The molecule has 0 bridgehead atoms. The van der Waals surface area contributed by atoms with Gasteiger partial charge in [0.15, 0.2) is 5.69 Å². The normalized spacial score (nSPS) is 11.6. The average Bonchev–Trinajstić information content (AvgIpc) is 3.34. The molecular weight excluding hydrogens is 405 g/mol. The molecule has 0 aliphatic carbocycles. The van der Waals surface area contributed by atoms with Gasteiger partial charge in [-0.15, -0.1) is 0 Å². The van der Waals surface area contributed by atoms with Gasteiger partial charge in [-0.2, -0.15) is 13.2 Å². The first-order valence-electron chi connectivity index (χ1n) is 9.15. The van der Waals surface area contributed by atoms with Crippen LogP contribution in [0, 0.1) is 0 Å². The van der Waals surface area contributed by atoms with Crippen molar-refractivity contribution in [3.63, 3.8) is 0 Å². The Morgan fingerprint density at radius 2 is 1.97 bits per heavy atom. The molecule has 12 heteroatoms. The largest absolute Gasteiger partial charge is 0.389 e. The number of aromatic amines is 1. The van der Waals surface area contributed by atoms with Crippen LogP contribution in [0.2, 0.25) is 0 Å². The first kappa shape index (κ1) is 21.3. The lowest BCUT2D eigenvalue weighted by molar-refractivity contribution is -0.144. The van der Waals surface area contributed by atoms with Gasteiger partial charge in [0.05, 0.1) is 24.0 Å². The summed E-state index contributed by atoms with van der Waals surface area (Å²) in [5.74, 6) is -0.607. The molecule has 0 fully saturated rings. The molecule has 0 saturated heterocycles. The summed E-state index contributed by atoms with van der Waals surface area (Å²) in [5.41, 5.74) is 2.59. The molecule has 3 aromatic rings. The van der Waals surface area contributed by atoms with E-state index in [1.54, 1.807) is 18.2 Å². The second kappa shape index (κ2) is 8.93. The summed E-state index contributed by atoms with van der Waals surface area (Å²) in [6.07, 6.45) is -5.62. The molecule has 1 aromatic carbocycles. The molecule has 3 N–H and O–H groups in total. The molecule has 3 rings (SSSR count). The maximum absolute atomic E-state index is 12.2. The van der Waals surface area contributed by atoms with Gasteiger partial charge in [0.2, 0.25) is 5.91 Å². The topological polar surface area (TPSA) is 126 Å². The van der Waals surface area contributed by atoms with Crippen LogP contribution in [0.15, 0.2) is 22.8 Å². The molecule has 0 aliphatic rings. The molecule has 0 spiro atoms. The zero-order valence-electron chi connectivity index (χ0n) is 16.0. The monoisotopic (exact) mass is 424 g/mol. The molecule has 2 heterocycles. The number of benzene rings is 1. The van der Waals surface area contributed by atoms with Crippen molar-refractivity contribution in [1.82, 2.24) is 30.9 Å². The number of hydrogen-bond acceptors (Lipinski definition) is 6. The smallest absolute Gasteiger partial charge is 0.352 e. The van der Waals surface area contributed by atoms with Gasteiger partial charge in [-0.25, -0.2) is 9.61 Å². The minimum atomic E-state index is -4.36. The number of carbonyl (C=O) groups is 2. The SMILES string of the molecule is CCc1nonc1C(=O)NCc1nc2ccc(CNC(=O)CCC(F)(F)F)cc2[nH]1. The maximum atomic E-state index is 12.2. The second-order valence-electron chi connectivity index (χ2n) is 6.52. The number of carbonyl (C=O) groups excluding carboxylic acids is 2. The summed E-state index contributed by atoms with van der Waals surface area (Å²) in [6.45, 7) is 2.04. The fourth-order valence-electron chi connectivity index (χ4n) is 2.71. The number of alkyl halides is 3. The Morgan fingerprint density at radius 3 is 2.70 bits per heavy atom. The van der Waals surface area contributed by atoms with Crippen molar-refractivity contribution in [2.75, 3.05) is 0 Å². The summed E-state index contributed by atoms with van der Waals surface area (Å²) in [6, 6.07) is 5.16. The van der Waals surface area contributed by atoms with Crippen LogP contribution in [0.4, 0.5) is 13.2 Å². The minimum Gasteiger partial charge on any atom is -0.352 e. The lowest BCUT2D eigenvalue weighted by Crippen LogP contribution is -2.24. The predicted molar refractivity (Wildman–Crippen MR) is 98.1 cm³/mol. The van der Waals surface area contributed by atoms with Gasteiger partial charge in [0.25, 0.3) is 5.91 Å². The highest BCUT2D eigenvalue weighted by atomic mass is 19.4. The molecule has 0 radical (unpaired) electrons. The predicted octanol–water partition coefficient (Wildman–Crippen LogP) is 2.40. The molecule has 160 valence electrons. The highest BCUT2D eigenvalue weighted by molar-refractivity contribution is 5.93. The quantitative estimate of drug-likeness (QED) is 0.510. The summed E-state index contributed by atoms with van der Waals surface area (Å²) in [5, 5.41) is 12.4. The Morgan fingerprint density at radius 1 is 1.17 bits per heavy atom.